The van der Waals surface area contributed by atoms with E-state index in [9.17, 15) is 19.2 Å². The average Bonchev–Trinajstić information content (AvgIpc) is 2.92. The number of allylic oxidation sites excluding steroid dienone is 4. The molecular weight excluding hydrogens is 556 g/mol. The van der Waals surface area contributed by atoms with Crippen molar-refractivity contribution in [1.82, 2.24) is 0 Å². The lowest BCUT2D eigenvalue weighted by molar-refractivity contribution is -0.162. The normalized spacial score (nSPS) is 31.6. The van der Waals surface area contributed by atoms with Crippen LogP contribution < -0.4 is 0 Å². The molecular formula is C33H38O10. The third-order valence-electron chi connectivity index (χ3n) is 6.44. The standard InChI is InChI=1S/C33H38O10/c1-21-17-26(9-11-28-13-15-30(40-24(4)36)32(42-28)19-38-22(2)34)7-6-8-27(18-21)10-12-29-14-16-31(41-25(5)37)33(43-29)20-39-23(3)35/h6-7,13-16,18,21,26,28-33H,8,17,19-20H2,1-5H3/b7-6-,27-18+/t21?,26?,28-,29-,30+,31+,32-,33-/m1/s1. The maximum Gasteiger partial charge on any atom is 0.303 e. The van der Waals surface area contributed by atoms with Crippen LogP contribution in [0.4, 0.5) is 0 Å². The number of carbonyl (C=O) groups excluding carboxylic acids is 4. The first-order valence-electron chi connectivity index (χ1n) is 14.2. The minimum absolute atomic E-state index is 0.0132. The maximum atomic E-state index is 11.4. The van der Waals surface area contributed by atoms with Crippen LogP contribution in [0.3, 0.4) is 0 Å². The summed E-state index contributed by atoms with van der Waals surface area (Å²) in [5, 5.41) is 0. The molecule has 0 bridgehead atoms. The minimum atomic E-state index is -0.666. The highest BCUT2D eigenvalue weighted by Crippen LogP contribution is 2.23. The second-order valence-electron chi connectivity index (χ2n) is 10.4. The van der Waals surface area contributed by atoms with Crippen molar-refractivity contribution in [1.29, 1.82) is 0 Å². The lowest BCUT2D eigenvalue weighted by Gasteiger charge is -2.29. The van der Waals surface area contributed by atoms with E-state index in [2.05, 4.69) is 42.8 Å². The molecule has 10 nitrogen and oxygen atoms in total. The summed E-state index contributed by atoms with van der Waals surface area (Å²) in [4.78, 5) is 45.4. The van der Waals surface area contributed by atoms with Crippen molar-refractivity contribution in [2.75, 3.05) is 13.2 Å². The van der Waals surface area contributed by atoms with Gasteiger partial charge in [0.25, 0.3) is 0 Å². The molecule has 0 spiro atoms. The van der Waals surface area contributed by atoms with Gasteiger partial charge in [0.15, 0.2) is 0 Å². The third-order valence-corrected chi connectivity index (χ3v) is 6.44. The number of ether oxygens (including phenoxy) is 6. The third kappa shape index (κ3) is 12.0. The Morgan fingerprint density at radius 2 is 1.28 bits per heavy atom. The van der Waals surface area contributed by atoms with Crippen LogP contribution in [0.5, 0.6) is 0 Å². The van der Waals surface area contributed by atoms with Gasteiger partial charge in [0.1, 0.15) is 49.8 Å². The fraction of sp³-hybridized carbons (Fsp3) is 0.515. The Labute approximate surface area is 252 Å². The maximum absolute atomic E-state index is 11.4. The predicted molar refractivity (Wildman–Crippen MR) is 155 cm³/mol. The summed E-state index contributed by atoms with van der Waals surface area (Å²) in [7, 11) is 0. The first kappa shape index (κ1) is 33.4. The Balaban J connectivity index is 1.62. The molecule has 2 heterocycles. The summed E-state index contributed by atoms with van der Waals surface area (Å²) in [6.45, 7) is 7.21. The van der Waals surface area contributed by atoms with Crippen LogP contribution in [0.25, 0.3) is 0 Å². The Kier molecular flexibility index (Phi) is 12.8. The zero-order valence-corrected chi connectivity index (χ0v) is 25.1. The summed E-state index contributed by atoms with van der Waals surface area (Å²) in [5.74, 6) is 11.1. The van der Waals surface area contributed by atoms with Gasteiger partial charge < -0.3 is 28.4 Å². The van der Waals surface area contributed by atoms with Crippen molar-refractivity contribution in [3.63, 3.8) is 0 Å². The monoisotopic (exact) mass is 594 g/mol. The topological polar surface area (TPSA) is 124 Å². The number of hydrogen-bond acceptors (Lipinski definition) is 10. The van der Waals surface area contributed by atoms with Gasteiger partial charge in [0.2, 0.25) is 0 Å². The summed E-state index contributed by atoms with van der Waals surface area (Å²) in [5.41, 5.74) is 0.939. The molecule has 3 aliphatic rings. The van der Waals surface area contributed by atoms with E-state index in [0.29, 0.717) is 6.42 Å². The number of hydrogen-bond donors (Lipinski definition) is 0. The Bertz CT molecular complexity index is 1280. The second-order valence-corrected chi connectivity index (χ2v) is 10.4. The molecule has 1 aliphatic carbocycles. The molecule has 0 aromatic rings. The van der Waals surface area contributed by atoms with E-state index < -0.39 is 60.5 Å². The largest absolute Gasteiger partial charge is 0.463 e. The molecule has 8 atom stereocenters. The second kappa shape index (κ2) is 16.5. The number of esters is 4. The van der Waals surface area contributed by atoms with E-state index in [0.717, 1.165) is 12.0 Å². The van der Waals surface area contributed by atoms with Crippen LogP contribution >= 0.6 is 0 Å². The fourth-order valence-electron chi connectivity index (χ4n) is 4.61. The van der Waals surface area contributed by atoms with Gasteiger partial charge in [0.05, 0.1) is 0 Å². The van der Waals surface area contributed by atoms with Gasteiger partial charge in [0, 0.05) is 39.2 Å². The molecule has 2 unspecified atom stereocenters. The van der Waals surface area contributed by atoms with Crippen molar-refractivity contribution in [2.45, 2.75) is 84.1 Å². The van der Waals surface area contributed by atoms with Crippen molar-refractivity contribution >= 4 is 23.9 Å². The van der Waals surface area contributed by atoms with Gasteiger partial charge in [-0.3, -0.25) is 19.2 Å². The van der Waals surface area contributed by atoms with Gasteiger partial charge in [-0.1, -0.05) is 48.8 Å². The molecule has 3 rings (SSSR count). The summed E-state index contributed by atoms with van der Waals surface area (Å²) < 4.78 is 32.6. The SMILES string of the molecule is CC(=O)OC[C@H]1O[C@H](C#C/C2=C/C(C)CC(C#C[C@@H]3C=C[C@H](OC(C)=O)[C@@H](COC(C)=O)O3)/C=C\C2)C=C[C@@H]1OC(C)=O. The highest BCUT2D eigenvalue weighted by Gasteiger charge is 2.31. The van der Waals surface area contributed by atoms with Gasteiger partial charge in [-0.15, -0.1) is 0 Å². The van der Waals surface area contributed by atoms with Gasteiger partial charge in [-0.2, -0.15) is 0 Å². The first-order chi connectivity index (χ1) is 20.5. The molecule has 0 fully saturated rings. The van der Waals surface area contributed by atoms with E-state index in [1.165, 1.54) is 27.7 Å². The summed E-state index contributed by atoms with van der Waals surface area (Å²) in [6.07, 6.45) is 10.7. The van der Waals surface area contributed by atoms with Gasteiger partial charge in [-0.25, -0.2) is 0 Å². The van der Waals surface area contributed by atoms with E-state index in [1.54, 1.807) is 24.3 Å². The van der Waals surface area contributed by atoms with Crippen LogP contribution in [0.15, 0.2) is 48.1 Å². The van der Waals surface area contributed by atoms with Crippen LogP contribution in [-0.4, -0.2) is 73.7 Å². The smallest absolute Gasteiger partial charge is 0.303 e. The van der Waals surface area contributed by atoms with Crippen molar-refractivity contribution in [3.8, 4) is 23.7 Å². The predicted octanol–water partition coefficient (Wildman–Crippen LogP) is 3.16. The average molecular weight is 595 g/mol. The van der Waals surface area contributed by atoms with E-state index in [1.807, 2.05) is 6.08 Å². The zero-order valence-electron chi connectivity index (χ0n) is 25.1. The van der Waals surface area contributed by atoms with Crippen LogP contribution in [0.2, 0.25) is 0 Å². The van der Waals surface area contributed by atoms with Crippen molar-refractivity contribution in [3.05, 3.63) is 48.1 Å². The van der Waals surface area contributed by atoms with Gasteiger partial charge in [-0.05, 0) is 43.1 Å². The fourth-order valence-corrected chi connectivity index (χ4v) is 4.61. The Morgan fingerprint density at radius 3 is 1.79 bits per heavy atom. The molecule has 0 radical (unpaired) electrons. The molecule has 2 aliphatic heterocycles. The van der Waals surface area contributed by atoms with E-state index in [-0.39, 0.29) is 25.0 Å². The van der Waals surface area contributed by atoms with E-state index in [4.69, 9.17) is 28.4 Å². The minimum Gasteiger partial charge on any atom is -0.463 e. The van der Waals surface area contributed by atoms with Crippen LogP contribution in [-0.2, 0) is 47.6 Å². The summed E-state index contributed by atoms with van der Waals surface area (Å²) >= 11 is 0. The number of carbonyl (C=O) groups is 4. The van der Waals surface area contributed by atoms with Crippen molar-refractivity contribution in [2.24, 2.45) is 11.8 Å². The molecule has 0 aromatic heterocycles. The van der Waals surface area contributed by atoms with E-state index >= 15 is 0 Å². The summed E-state index contributed by atoms with van der Waals surface area (Å²) in [6, 6.07) is 0. The Hall–Kier alpha value is -4.12. The quantitative estimate of drug-likeness (QED) is 0.196. The van der Waals surface area contributed by atoms with Gasteiger partial charge >= 0.3 is 23.9 Å². The Morgan fingerprint density at radius 1 is 0.744 bits per heavy atom. The zero-order chi connectivity index (χ0) is 31.4. The lowest BCUT2D eigenvalue weighted by Crippen LogP contribution is -2.41. The molecule has 10 heteroatoms. The molecule has 43 heavy (non-hydrogen) atoms. The molecule has 230 valence electrons. The lowest BCUT2D eigenvalue weighted by atomic mass is 9.90. The first-order valence-corrected chi connectivity index (χ1v) is 14.2. The molecule has 0 amide bonds. The molecule has 0 N–H and O–H groups in total. The van der Waals surface area contributed by atoms with Crippen LogP contribution in [0.1, 0.15) is 47.5 Å². The molecule has 0 aromatic carbocycles. The van der Waals surface area contributed by atoms with Crippen LogP contribution in [0, 0.1) is 35.5 Å². The van der Waals surface area contributed by atoms with Crippen molar-refractivity contribution < 1.29 is 47.6 Å². The molecule has 0 saturated carbocycles. The highest BCUT2D eigenvalue weighted by molar-refractivity contribution is 5.67. The highest BCUT2D eigenvalue weighted by atomic mass is 16.6. The number of rotatable bonds is 6. The molecule has 0 saturated heterocycles.